The van der Waals surface area contributed by atoms with Crippen molar-refractivity contribution in [3.63, 3.8) is 0 Å². The van der Waals surface area contributed by atoms with Gasteiger partial charge in [-0.05, 0) is 36.0 Å². The lowest BCUT2D eigenvalue weighted by Gasteiger charge is -2.12. The van der Waals surface area contributed by atoms with Crippen LogP contribution in [0.2, 0.25) is 0 Å². The number of rotatable bonds is 2. The number of thioether (sulfide) groups is 1. The summed E-state index contributed by atoms with van der Waals surface area (Å²) < 4.78 is 5.13. The van der Waals surface area contributed by atoms with E-state index in [1.807, 2.05) is 0 Å². The summed E-state index contributed by atoms with van der Waals surface area (Å²) in [6.45, 7) is 0. The Kier molecular flexibility index (Phi) is 3.08. The molecular formula is C14H9NO4S. The molecule has 1 aliphatic rings. The number of phenols is 1. The molecule has 0 spiro atoms. The second-order valence-electron chi connectivity index (χ2n) is 4.05. The van der Waals surface area contributed by atoms with E-state index in [1.165, 1.54) is 24.5 Å². The first-order valence-electron chi connectivity index (χ1n) is 5.75. The number of aromatic hydroxyl groups is 1. The maximum Gasteiger partial charge on any atom is 0.298 e. The van der Waals surface area contributed by atoms with Crippen LogP contribution in [-0.2, 0) is 4.79 Å². The second kappa shape index (κ2) is 4.90. The number of hydrogen-bond donors (Lipinski definition) is 1. The summed E-state index contributed by atoms with van der Waals surface area (Å²) in [6.07, 6.45) is 3.01. The third-order valence-electron chi connectivity index (χ3n) is 2.70. The fourth-order valence-corrected chi connectivity index (χ4v) is 2.65. The zero-order valence-corrected chi connectivity index (χ0v) is 11.0. The molecular weight excluding hydrogens is 278 g/mol. The normalized spacial score (nSPS) is 17.2. The van der Waals surface area contributed by atoms with E-state index in [9.17, 15) is 14.7 Å². The third kappa shape index (κ3) is 2.21. The molecule has 0 saturated carbocycles. The van der Waals surface area contributed by atoms with E-state index in [-0.39, 0.29) is 10.7 Å². The first-order chi connectivity index (χ1) is 9.65. The first-order valence-corrected chi connectivity index (χ1v) is 6.57. The minimum atomic E-state index is -0.429. The Labute approximate surface area is 118 Å². The Morgan fingerprint density at radius 2 is 2.05 bits per heavy atom. The van der Waals surface area contributed by atoms with Crippen LogP contribution in [0.3, 0.4) is 0 Å². The van der Waals surface area contributed by atoms with Crippen molar-refractivity contribution in [3.05, 3.63) is 53.3 Å². The second-order valence-corrected chi connectivity index (χ2v) is 5.05. The van der Waals surface area contributed by atoms with Gasteiger partial charge in [-0.15, -0.1) is 0 Å². The molecule has 6 heteroatoms. The molecule has 20 heavy (non-hydrogen) atoms. The molecule has 0 aliphatic carbocycles. The Morgan fingerprint density at radius 1 is 1.20 bits per heavy atom. The van der Waals surface area contributed by atoms with Gasteiger partial charge >= 0.3 is 0 Å². The average molecular weight is 287 g/mol. The van der Waals surface area contributed by atoms with Gasteiger partial charge in [-0.25, -0.2) is 4.90 Å². The number of imide groups is 1. The van der Waals surface area contributed by atoms with E-state index in [4.69, 9.17) is 4.42 Å². The van der Waals surface area contributed by atoms with E-state index in [1.54, 1.807) is 24.3 Å². The Hall–Kier alpha value is -2.47. The number of amides is 2. The molecule has 1 fully saturated rings. The van der Waals surface area contributed by atoms with Gasteiger partial charge in [0.2, 0.25) is 0 Å². The van der Waals surface area contributed by atoms with Crippen LogP contribution in [0, 0.1) is 0 Å². The number of hydrogen-bond acceptors (Lipinski definition) is 5. The zero-order valence-electron chi connectivity index (χ0n) is 10.1. The fraction of sp³-hybridized carbons (Fsp3) is 0. The summed E-state index contributed by atoms with van der Waals surface area (Å²) in [6, 6.07) is 9.40. The minimum Gasteiger partial charge on any atom is -0.508 e. The largest absolute Gasteiger partial charge is 0.508 e. The highest BCUT2D eigenvalue weighted by molar-refractivity contribution is 8.19. The molecule has 3 rings (SSSR count). The van der Waals surface area contributed by atoms with Crippen molar-refractivity contribution in [2.24, 2.45) is 0 Å². The van der Waals surface area contributed by atoms with Gasteiger partial charge in [0.1, 0.15) is 11.5 Å². The highest BCUT2D eigenvalue weighted by atomic mass is 32.2. The summed E-state index contributed by atoms with van der Waals surface area (Å²) in [5.74, 6) is 0.0740. The number of benzene rings is 1. The van der Waals surface area contributed by atoms with Crippen molar-refractivity contribution in [3.8, 4) is 5.75 Å². The predicted octanol–water partition coefficient (Wildman–Crippen LogP) is 3.23. The topological polar surface area (TPSA) is 70.8 Å². The summed E-state index contributed by atoms with van der Waals surface area (Å²) in [5, 5.41) is 9.03. The first kappa shape index (κ1) is 12.6. The molecule has 2 amide bonds. The molecule has 1 N–H and O–H groups in total. The lowest BCUT2D eigenvalue weighted by molar-refractivity contribution is -0.113. The molecule has 100 valence electrons. The van der Waals surface area contributed by atoms with Crippen molar-refractivity contribution < 1.29 is 19.1 Å². The van der Waals surface area contributed by atoms with Gasteiger partial charge in [-0.1, -0.05) is 6.07 Å². The number of anilines is 1. The predicted molar refractivity (Wildman–Crippen MR) is 75.3 cm³/mol. The number of carbonyl (C=O) groups excluding carboxylic acids is 2. The maximum atomic E-state index is 12.2. The van der Waals surface area contributed by atoms with Crippen molar-refractivity contribution in [1.29, 1.82) is 0 Å². The molecule has 1 aromatic carbocycles. The molecule has 0 atom stereocenters. The zero-order chi connectivity index (χ0) is 14.1. The van der Waals surface area contributed by atoms with Crippen LogP contribution >= 0.6 is 11.8 Å². The van der Waals surface area contributed by atoms with Crippen LogP contribution in [0.1, 0.15) is 5.76 Å². The Bertz CT molecular complexity index is 706. The van der Waals surface area contributed by atoms with Crippen molar-refractivity contribution in [2.45, 2.75) is 0 Å². The molecule has 1 aliphatic heterocycles. The van der Waals surface area contributed by atoms with Crippen molar-refractivity contribution >= 4 is 34.7 Å². The monoisotopic (exact) mass is 287 g/mol. The number of carbonyl (C=O) groups is 2. The average Bonchev–Trinajstić information content (AvgIpc) is 2.99. The Balaban J connectivity index is 1.95. The summed E-state index contributed by atoms with van der Waals surface area (Å²) in [4.78, 5) is 25.5. The molecule has 5 nitrogen and oxygen atoms in total. The van der Waals surface area contributed by atoms with Crippen LogP contribution in [0.25, 0.3) is 6.08 Å². The van der Waals surface area contributed by atoms with Crippen LogP contribution in [0.15, 0.2) is 52.0 Å². The van der Waals surface area contributed by atoms with Gasteiger partial charge in [0, 0.05) is 12.1 Å². The van der Waals surface area contributed by atoms with Gasteiger partial charge in [-0.2, -0.15) is 0 Å². The quantitative estimate of drug-likeness (QED) is 0.859. The summed E-state index contributed by atoms with van der Waals surface area (Å²) >= 11 is 0.838. The molecule has 2 aromatic rings. The van der Waals surface area contributed by atoms with Crippen molar-refractivity contribution in [2.75, 3.05) is 4.90 Å². The molecule has 0 radical (unpaired) electrons. The number of furan rings is 1. The smallest absolute Gasteiger partial charge is 0.298 e. The lowest BCUT2D eigenvalue weighted by atomic mass is 10.2. The number of phenolic OH excluding ortho intramolecular Hbond substituents is 1. The van der Waals surface area contributed by atoms with Crippen LogP contribution in [0.4, 0.5) is 10.5 Å². The maximum absolute atomic E-state index is 12.2. The highest BCUT2D eigenvalue weighted by Gasteiger charge is 2.36. The van der Waals surface area contributed by atoms with E-state index < -0.39 is 11.1 Å². The van der Waals surface area contributed by atoms with E-state index in [2.05, 4.69) is 0 Å². The molecule has 1 aromatic heterocycles. The van der Waals surface area contributed by atoms with E-state index in [0.717, 1.165) is 16.7 Å². The van der Waals surface area contributed by atoms with Gasteiger partial charge < -0.3 is 9.52 Å². The van der Waals surface area contributed by atoms with Gasteiger partial charge in [0.05, 0.1) is 16.9 Å². The SMILES string of the molecule is O=C1S/C(=C\c2ccco2)C(=O)N1c1cccc(O)c1. The Morgan fingerprint density at radius 3 is 2.75 bits per heavy atom. The van der Waals surface area contributed by atoms with E-state index in [0.29, 0.717) is 11.4 Å². The molecule has 2 heterocycles. The minimum absolute atomic E-state index is 0.00318. The van der Waals surface area contributed by atoms with Gasteiger partial charge in [-0.3, -0.25) is 9.59 Å². The molecule has 0 bridgehead atoms. The van der Waals surface area contributed by atoms with Crippen LogP contribution < -0.4 is 4.90 Å². The van der Waals surface area contributed by atoms with Gasteiger partial charge in [0.15, 0.2) is 0 Å². The van der Waals surface area contributed by atoms with E-state index >= 15 is 0 Å². The number of nitrogens with zero attached hydrogens (tertiary/aromatic N) is 1. The highest BCUT2D eigenvalue weighted by Crippen LogP contribution is 2.36. The van der Waals surface area contributed by atoms with Crippen molar-refractivity contribution in [1.82, 2.24) is 0 Å². The van der Waals surface area contributed by atoms with Crippen LogP contribution in [0.5, 0.6) is 5.75 Å². The fourth-order valence-electron chi connectivity index (χ4n) is 1.83. The standard InChI is InChI=1S/C14H9NO4S/c16-10-4-1-3-9(7-10)15-13(17)12(20-14(15)18)8-11-5-2-6-19-11/h1-8,16H/b12-8-. The summed E-state index contributed by atoms with van der Waals surface area (Å²) in [5.41, 5.74) is 0.343. The summed E-state index contributed by atoms with van der Waals surface area (Å²) in [7, 11) is 0. The third-order valence-corrected chi connectivity index (χ3v) is 3.57. The molecule has 0 unspecified atom stereocenters. The lowest BCUT2D eigenvalue weighted by Crippen LogP contribution is -2.27. The van der Waals surface area contributed by atoms with Crippen LogP contribution in [-0.4, -0.2) is 16.3 Å². The molecule has 1 saturated heterocycles. The van der Waals surface area contributed by atoms with Gasteiger partial charge in [0.25, 0.3) is 11.1 Å².